The second-order valence-corrected chi connectivity index (χ2v) is 4.32. The van der Waals surface area contributed by atoms with Gasteiger partial charge in [0.2, 0.25) is 0 Å². The molecular weight excluding hydrogens is 240 g/mol. The third kappa shape index (κ3) is 3.85. The smallest absolute Gasteiger partial charge is 0.349 e. The molecule has 0 unspecified atom stereocenters. The Bertz CT molecular complexity index is 561. The van der Waals surface area contributed by atoms with Crippen molar-refractivity contribution in [2.75, 3.05) is 6.61 Å². The largest absolute Gasteiger partial charge is 0.482 e. The van der Waals surface area contributed by atoms with Crippen molar-refractivity contribution >= 4 is 5.97 Å². The minimum Gasteiger partial charge on any atom is -0.482 e. The number of rotatable bonds is 4. The van der Waals surface area contributed by atoms with Crippen LogP contribution in [0.15, 0.2) is 48.5 Å². The van der Waals surface area contributed by atoms with Crippen LogP contribution in [0, 0.1) is 13.8 Å². The minimum atomic E-state index is -0.413. The van der Waals surface area contributed by atoms with Crippen molar-refractivity contribution in [1.29, 1.82) is 0 Å². The van der Waals surface area contributed by atoms with Crippen molar-refractivity contribution in [2.24, 2.45) is 0 Å². The molecule has 0 aliphatic rings. The van der Waals surface area contributed by atoms with Crippen LogP contribution in [-0.2, 0) is 4.79 Å². The number of aryl methyl sites for hydroxylation is 2. The Morgan fingerprint density at radius 2 is 1.68 bits per heavy atom. The van der Waals surface area contributed by atoms with Gasteiger partial charge in [-0.05, 0) is 49.2 Å². The van der Waals surface area contributed by atoms with Gasteiger partial charge < -0.3 is 9.47 Å². The summed E-state index contributed by atoms with van der Waals surface area (Å²) >= 11 is 0. The SMILES string of the molecule is Cc1ccc(OCC(=O)Oc2ccccc2)cc1C. The number of para-hydroxylation sites is 1. The normalized spacial score (nSPS) is 10.0. The van der Waals surface area contributed by atoms with Crippen LogP contribution in [0.1, 0.15) is 11.1 Å². The first-order chi connectivity index (χ1) is 9.15. The zero-order valence-electron chi connectivity index (χ0n) is 11.1. The van der Waals surface area contributed by atoms with Gasteiger partial charge in [-0.15, -0.1) is 0 Å². The van der Waals surface area contributed by atoms with Crippen molar-refractivity contribution in [2.45, 2.75) is 13.8 Å². The fourth-order valence-corrected chi connectivity index (χ4v) is 1.60. The van der Waals surface area contributed by atoms with E-state index in [4.69, 9.17) is 9.47 Å². The summed E-state index contributed by atoms with van der Waals surface area (Å²) in [6.45, 7) is 3.94. The highest BCUT2D eigenvalue weighted by molar-refractivity contribution is 5.73. The molecule has 0 bridgehead atoms. The van der Waals surface area contributed by atoms with E-state index in [9.17, 15) is 4.79 Å². The highest BCUT2D eigenvalue weighted by Gasteiger charge is 2.06. The molecular formula is C16H16O3. The van der Waals surface area contributed by atoms with Gasteiger partial charge >= 0.3 is 5.97 Å². The maximum Gasteiger partial charge on any atom is 0.349 e. The van der Waals surface area contributed by atoms with E-state index in [1.54, 1.807) is 12.1 Å². The number of carbonyl (C=O) groups excluding carboxylic acids is 1. The van der Waals surface area contributed by atoms with Gasteiger partial charge in [0.05, 0.1) is 0 Å². The molecule has 0 amide bonds. The summed E-state index contributed by atoms with van der Waals surface area (Å²) in [6.07, 6.45) is 0. The molecule has 2 aromatic carbocycles. The topological polar surface area (TPSA) is 35.5 Å². The Hall–Kier alpha value is -2.29. The lowest BCUT2D eigenvalue weighted by Crippen LogP contribution is -2.17. The molecule has 98 valence electrons. The van der Waals surface area contributed by atoms with Gasteiger partial charge in [-0.25, -0.2) is 4.79 Å². The van der Waals surface area contributed by atoms with Crippen molar-refractivity contribution in [3.63, 3.8) is 0 Å². The summed E-state index contributed by atoms with van der Waals surface area (Å²) in [6, 6.07) is 14.7. The van der Waals surface area contributed by atoms with Crippen LogP contribution in [0.2, 0.25) is 0 Å². The van der Waals surface area contributed by atoms with Crippen LogP contribution in [0.5, 0.6) is 11.5 Å². The summed E-state index contributed by atoms with van der Waals surface area (Å²) in [5.41, 5.74) is 2.33. The Balaban J connectivity index is 1.88. The second-order valence-electron chi connectivity index (χ2n) is 4.32. The van der Waals surface area contributed by atoms with Gasteiger partial charge in [0.25, 0.3) is 0 Å². The lowest BCUT2D eigenvalue weighted by atomic mass is 10.1. The third-order valence-electron chi connectivity index (χ3n) is 2.81. The molecule has 0 fully saturated rings. The molecule has 3 heteroatoms. The summed E-state index contributed by atoms with van der Waals surface area (Å²) in [4.78, 5) is 11.6. The molecule has 2 aromatic rings. The molecule has 0 atom stereocenters. The molecule has 0 aliphatic carbocycles. The van der Waals surface area contributed by atoms with Gasteiger partial charge in [0.15, 0.2) is 6.61 Å². The van der Waals surface area contributed by atoms with E-state index >= 15 is 0 Å². The molecule has 0 heterocycles. The molecule has 19 heavy (non-hydrogen) atoms. The highest BCUT2D eigenvalue weighted by Crippen LogP contribution is 2.16. The maximum atomic E-state index is 11.6. The number of carbonyl (C=O) groups is 1. The summed E-state index contributed by atoms with van der Waals surface area (Å²) in [7, 11) is 0. The van der Waals surface area contributed by atoms with E-state index in [-0.39, 0.29) is 6.61 Å². The van der Waals surface area contributed by atoms with Crippen molar-refractivity contribution in [3.05, 3.63) is 59.7 Å². The molecule has 0 radical (unpaired) electrons. The van der Waals surface area contributed by atoms with Crippen LogP contribution < -0.4 is 9.47 Å². The first-order valence-electron chi connectivity index (χ1n) is 6.11. The van der Waals surface area contributed by atoms with Gasteiger partial charge in [-0.3, -0.25) is 0 Å². The molecule has 2 rings (SSSR count). The lowest BCUT2D eigenvalue weighted by molar-refractivity contribution is -0.136. The first-order valence-corrected chi connectivity index (χ1v) is 6.11. The van der Waals surface area contributed by atoms with Crippen molar-refractivity contribution in [1.82, 2.24) is 0 Å². The van der Waals surface area contributed by atoms with Gasteiger partial charge in [-0.1, -0.05) is 24.3 Å². The molecule has 0 saturated heterocycles. The standard InChI is InChI=1S/C16H16O3/c1-12-8-9-15(10-13(12)2)18-11-16(17)19-14-6-4-3-5-7-14/h3-10H,11H2,1-2H3. The van der Waals surface area contributed by atoms with Crippen LogP contribution in [0.4, 0.5) is 0 Å². The number of ether oxygens (including phenoxy) is 2. The quantitative estimate of drug-likeness (QED) is 0.622. The molecule has 0 aliphatic heterocycles. The number of esters is 1. The average molecular weight is 256 g/mol. The van der Waals surface area contributed by atoms with Crippen LogP contribution in [0.3, 0.4) is 0 Å². The average Bonchev–Trinajstić information content (AvgIpc) is 2.41. The van der Waals surface area contributed by atoms with Gasteiger partial charge in [0, 0.05) is 0 Å². The van der Waals surface area contributed by atoms with E-state index in [1.165, 1.54) is 5.56 Å². The highest BCUT2D eigenvalue weighted by atomic mass is 16.6. The zero-order chi connectivity index (χ0) is 13.7. The van der Waals surface area contributed by atoms with Crippen LogP contribution >= 0.6 is 0 Å². The first kappa shape index (κ1) is 13.1. The fraction of sp³-hybridized carbons (Fsp3) is 0.188. The maximum absolute atomic E-state index is 11.6. The molecule has 0 aromatic heterocycles. The van der Waals surface area contributed by atoms with E-state index < -0.39 is 5.97 Å². The monoisotopic (exact) mass is 256 g/mol. The zero-order valence-corrected chi connectivity index (χ0v) is 11.1. The summed E-state index contributed by atoms with van der Waals surface area (Å²) in [5, 5.41) is 0. The predicted octanol–water partition coefficient (Wildman–Crippen LogP) is 3.29. The van der Waals surface area contributed by atoms with Crippen LogP contribution in [-0.4, -0.2) is 12.6 Å². The Labute approximate surface area is 112 Å². The third-order valence-corrected chi connectivity index (χ3v) is 2.81. The molecule has 3 nitrogen and oxygen atoms in total. The number of benzene rings is 2. The Morgan fingerprint density at radius 3 is 2.37 bits per heavy atom. The predicted molar refractivity (Wildman–Crippen MR) is 73.5 cm³/mol. The Morgan fingerprint density at radius 1 is 0.947 bits per heavy atom. The molecule has 0 saturated carbocycles. The molecule has 0 spiro atoms. The van der Waals surface area contributed by atoms with Crippen LogP contribution in [0.25, 0.3) is 0 Å². The molecule has 0 N–H and O–H groups in total. The minimum absolute atomic E-state index is 0.0998. The second kappa shape index (κ2) is 6.05. The van der Waals surface area contributed by atoms with Gasteiger partial charge in [0.1, 0.15) is 11.5 Å². The summed E-state index contributed by atoms with van der Waals surface area (Å²) in [5.74, 6) is 0.786. The van der Waals surface area contributed by atoms with Crippen molar-refractivity contribution in [3.8, 4) is 11.5 Å². The van der Waals surface area contributed by atoms with E-state index in [1.807, 2.05) is 50.2 Å². The Kier molecular flexibility index (Phi) is 4.18. The lowest BCUT2D eigenvalue weighted by Gasteiger charge is -2.08. The van der Waals surface area contributed by atoms with Gasteiger partial charge in [-0.2, -0.15) is 0 Å². The number of hydrogen-bond acceptors (Lipinski definition) is 3. The van der Waals surface area contributed by atoms with Crippen molar-refractivity contribution < 1.29 is 14.3 Å². The summed E-state index contributed by atoms with van der Waals surface area (Å²) < 4.78 is 10.5. The number of hydrogen-bond donors (Lipinski definition) is 0. The van der Waals surface area contributed by atoms with E-state index in [0.717, 1.165) is 5.56 Å². The van der Waals surface area contributed by atoms with E-state index in [0.29, 0.717) is 11.5 Å². The van der Waals surface area contributed by atoms with E-state index in [2.05, 4.69) is 0 Å². The fourth-order valence-electron chi connectivity index (χ4n) is 1.60.